The molecule has 0 spiro atoms. The molecule has 0 radical (unpaired) electrons. The Morgan fingerprint density at radius 1 is 1.13 bits per heavy atom. The van der Waals surface area contributed by atoms with Crippen molar-refractivity contribution in [3.63, 3.8) is 0 Å². The van der Waals surface area contributed by atoms with Crippen LogP contribution in [0.2, 0.25) is 0 Å². The predicted octanol–water partition coefficient (Wildman–Crippen LogP) is 1.72. The molecule has 3 aromatic rings. The Kier molecular flexibility index (Phi) is 6.66. The molecule has 0 unspecified atom stereocenters. The van der Waals surface area contributed by atoms with Crippen molar-refractivity contribution in [3.8, 4) is 5.69 Å². The fourth-order valence-electron chi connectivity index (χ4n) is 5.10. The summed E-state index contributed by atoms with van der Waals surface area (Å²) in [5, 5.41) is 8.48. The molecule has 11 nitrogen and oxygen atoms in total. The molecule has 3 saturated heterocycles. The third-order valence-corrected chi connectivity index (χ3v) is 9.25. The second kappa shape index (κ2) is 9.98. The quantitative estimate of drug-likeness (QED) is 0.450. The minimum Gasteiger partial charge on any atom is -0.379 e. The van der Waals surface area contributed by atoms with E-state index in [0.29, 0.717) is 36.4 Å². The number of aromatic nitrogens is 4. The standard InChI is InChI=1S/C24H30F2N8O3S/c1-2-38(35,36)33-12-17(13-33)28-24-29-22(32-14-19(15-32)31-6-8-37-9-7-31)20-11-27-34(23(20)30-24)18-5-3-4-16(10-18)21(25)26/h3-5,10-11,17,19,21H,2,6-9,12-15H2,1H3,(H,28,29,30). The molecule has 14 heteroatoms. The van der Waals surface area contributed by atoms with Crippen LogP contribution in [0.4, 0.5) is 20.5 Å². The average molecular weight is 549 g/mol. The number of rotatable bonds is 8. The van der Waals surface area contributed by atoms with Gasteiger partial charge in [-0.3, -0.25) is 4.90 Å². The number of sulfonamides is 1. The number of fused-ring (bicyclic) bond motifs is 1. The molecule has 38 heavy (non-hydrogen) atoms. The smallest absolute Gasteiger partial charge is 0.263 e. The van der Waals surface area contributed by atoms with Crippen LogP contribution in [0.1, 0.15) is 18.9 Å². The van der Waals surface area contributed by atoms with Gasteiger partial charge in [-0.25, -0.2) is 21.9 Å². The highest BCUT2D eigenvalue weighted by atomic mass is 32.2. The number of hydrogen-bond donors (Lipinski definition) is 1. The second-order valence-electron chi connectivity index (χ2n) is 9.83. The van der Waals surface area contributed by atoms with Crippen LogP contribution in [-0.2, 0) is 14.8 Å². The minimum absolute atomic E-state index is 0.0580. The summed E-state index contributed by atoms with van der Waals surface area (Å²) in [6, 6.07) is 6.35. The molecule has 0 atom stereocenters. The van der Waals surface area contributed by atoms with E-state index in [1.165, 1.54) is 16.4 Å². The van der Waals surface area contributed by atoms with E-state index in [4.69, 9.17) is 14.7 Å². The van der Waals surface area contributed by atoms with Crippen LogP contribution in [0, 0.1) is 0 Å². The van der Waals surface area contributed by atoms with Gasteiger partial charge in [-0.2, -0.15) is 19.4 Å². The van der Waals surface area contributed by atoms with E-state index in [1.807, 2.05) is 0 Å². The number of nitrogens with one attached hydrogen (secondary N) is 1. The molecule has 1 N–H and O–H groups in total. The van der Waals surface area contributed by atoms with E-state index >= 15 is 0 Å². The van der Waals surface area contributed by atoms with E-state index < -0.39 is 16.4 Å². The Morgan fingerprint density at radius 2 is 1.89 bits per heavy atom. The molecule has 0 aliphatic carbocycles. The summed E-state index contributed by atoms with van der Waals surface area (Å²) in [5.41, 5.74) is 0.879. The predicted molar refractivity (Wildman–Crippen MR) is 138 cm³/mol. The average Bonchev–Trinajstić information content (AvgIpc) is 3.30. The zero-order valence-electron chi connectivity index (χ0n) is 21.0. The third kappa shape index (κ3) is 4.70. The third-order valence-electron chi connectivity index (χ3n) is 7.44. The zero-order chi connectivity index (χ0) is 26.4. The summed E-state index contributed by atoms with van der Waals surface area (Å²) >= 11 is 0. The van der Waals surface area contributed by atoms with E-state index in [-0.39, 0.29) is 17.4 Å². The number of nitrogens with zero attached hydrogens (tertiary/aromatic N) is 7. The maximum absolute atomic E-state index is 13.4. The maximum Gasteiger partial charge on any atom is 0.263 e. The van der Waals surface area contributed by atoms with Gasteiger partial charge in [0.1, 0.15) is 5.82 Å². The number of halogens is 2. The van der Waals surface area contributed by atoms with Crippen molar-refractivity contribution in [1.29, 1.82) is 0 Å². The van der Waals surface area contributed by atoms with Crippen LogP contribution in [0.15, 0.2) is 30.5 Å². The normalized spacial score (nSPS) is 20.2. The lowest BCUT2D eigenvalue weighted by Crippen LogP contribution is -2.62. The summed E-state index contributed by atoms with van der Waals surface area (Å²) in [7, 11) is -3.24. The van der Waals surface area contributed by atoms with Gasteiger partial charge in [0.15, 0.2) is 5.65 Å². The first-order valence-corrected chi connectivity index (χ1v) is 14.4. The van der Waals surface area contributed by atoms with E-state index in [1.54, 1.807) is 29.9 Å². The Bertz CT molecular complexity index is 1420. The van der Waals surface area contributed by atoms with Crippen molar-refractivity contribution in [2.75, 3.05) is 68.5 Å². The van der Waals surface area contributed by atoms with Gasteiger partial charge in [0.25, 0.3) is 6.43 Å². The van der Waals surface area contributed by atoms with Gasteiger partial charge in [0.2, 0.25) is 16.0 Å². The lowest BCUT2D eigenvalue weighted by molar-refractivity contribution is 0.0105. The molecule has 0 saturated carbocycles. The summed E-state index contributed by atoms with van der Waals surface area (Å²) in [4.78, 5) is 14.1. The highest BCUT2D eigenvalue weighted by Gasteiger charge is 2.37. The van der Waals surface area contributed by atoms with Gasteiger partial charge in [0.05, 0.1) is 42.3 Å². The van der Waals surface area contributed by atoms with Crippen LogP contribution in [0.5, 0.6) is 0 Å². The van der Waals surface area contributed by atoms with Crippen LogP contribution >= 0.6 is 0 Å². The minimum atomic E-state index is -3.24. The number of hydrogen-bond acceptors (Lipinski definition) is 9. The largest absolute Gasteiger partial charge is 0.379 e. The maximum atomic E-state index is 13.4. The van der Waals surface area contributed by atoms with Crippen LogP contribution < -0.4 is 10.2 Å². The summed E-state index contributed by atoms with van der Waals surface area (Å²) in [6.45, 7) is 7.17. The highest BCUT2D eigenvalue weighted by Crippen LogP contribution is 2.32. The fourth-order valence-corrected chi connectivity index (χ4v) is 6.28. The van der Waals surface area contributed by atoms with Crippen LogP contribution in [-0.4, -0.2) is 108 Å². The van der Waals surface area contributed by atoms with E-state index in [9.17, 15) is 17.2 Å². The first-order chi connectivity index (χ1) is 18.3. The Hall–Kier alpha value is -2.94. The number of alkyl halides is 2. The fraction of sp³-hybridized carbons (Fsp3) is 0.542. The Balaban J connectivity index is 1.31. The SMILES string of the molecule is CCS(=O)(=O)N1CC(Nc2nc(N3CC(N4CCOCC4)C3)c3cnn(-c4cccc(C(F)F)c4)c3n2)C1. The molecule has 3 aliphatic rings. The number of ether oxygens (including phenoxy) is 1. The van der Waals surface area contributed by atoms with Gasteiger partial charge in [-0.1, -0.05) is 12.1 Å². The first-order valence-electron chi connectivity index (χ1n) is 12.8. The zero-order valence-corrected chi connectivity index (χ0v) is 21.8. The van der Waals surface area contributed by atoms with Gasteiger partial charge in [-0.05, 0) is 19.1 Å². The molecule has 5 heterocycles. The van der Waals surface area contributed by atoms with E-state index in [2.05, 4.69) is 20.2 Å². The highest BCUT2D eigenvalue weighted by molar-refractivity contribution is 7.89. The first kappa shape index (κ1) is 25.3. The number of morpholine rings is 1. The van der Waals surface area contributed by atoms with Crippen LogP contribution in [0.25, 0.3) is 16.7 Å². The van der Waals surface area contributed by atoms with Gasteiger partial charge >= 0.3 is 0 Å². The lowest BCUT2D eigenvalue weighted by atomic mass is 10.1. The molecule has 0 amide bonds. The molecule has 0 bridgehead atoms. The second-order valence-corrected chi connectivity index (χ2v) is 12.1. The molecule has 6 rings (SSSR count). The molecule has 3 fully saturated rings. The van der Waals surface area contributed by atoms with Crippen molar-refractivity contribution in [3.05, 3.63) is 36.0 Å². The van der Waals surface area contributed by atoms with Crippen molar-refractivity contribution in [2.45, 2.75) is 25.4 Å². The lowest BCUT2D eigenvalue weighted by Gasteiger charge is -2.47. The van der Waals surface area contributed by atoms with Gasteiger partial charge in [-0.15, -0.1) is 0 Å². The van der Waals surface area contributed by atoms with Crippen molar-refractivity contribution >= 4 is 32.8 Å². The number of benzene rings is 1. The summed E-state index contributed by atoms with van der Waals surface area (Å²) in [6.07, 6.45) is -0.928. The molecular weight excluding hydrogens is 518 g/mol. The Labute approximate surface area is 219 Å². The molecular formula is C24H30F2N8O3S. The Morgan fingerprint density at radius 3 is 2.61 bits per heavy atom. The monoisotopic (exact) mass is 548 g/mol. The van der Waals surface area contributed by atoms with Gasteiger partial charge < -0.3 is 15.0 Å². The van der Waals surface area contributed by atoms with Crippen molar-refractivity contribution < 1.29 is 21.9 Å². The van der Waals surface area contributed by atoms with E-state index in [0.717, 1.165) is 50.6 Å². The topological polar surface area (TPSA) is 109 Å². The van der Waals surface area contributed by atoms with Crippen molar-refractivity contribution in [1.82, 2.24) is 29.0 Å². The molecule has 2 aromatic heterocycles. The van der Waals surface area contributed by atoms with Crippen LogP contribution in [0.3, 0.4) is 0 Å². The van der Waals surface area contributed by atoms with Gasteiger partial charge in [0, 0.05) is 50.9 Å². The molecule has 204 valence electrons. The number of anilines is 2. The summed E-state index contributed by atoms with van der Waals surface area (Å²) in [5.74, 6) is 1.13. The molecule has 1 aromatic carbocycles. The van der Waals surface area contributed by atoms with Crippen molar-refractivity contribution in [2.24, 2.45) is 0 Å². The molecule has 3 aliphatic heterocycles. The summed E-state index contributed by atoms with van der Waals surface area (Å²) < 4.78 is 59.5.